The van der Waals surface area contributed by atoms with Gasteiger partial charge in [-0.15, -0.1) is 0 Å². The van der Waals surface area contributed by atoms with Crippen molar-refractivity contribution in [2.45, 2.75) is 48.4 Å². The van der Waals surface area contributed by atoms with E-state index in [1.807, 2.05) is 15.9 Å². The van der Waals surface area contributed by atoms with Gasteiger partial charge in [-0.25, -0.2) is 4.39 Å². The maximum absolute atomic E-state index is 13.2. The zero-order valence-electron chi connectivity index (χ0n) is 8.86. The van der Waals surface area contributed by atoms with Crippen LogP contribution in [0.3, 0.4) is 0 Å². The smallest absolute Gasteiger partial charge is 0.393 e. The highest BCUT2D eigenvalue weighted by molar-refractivity contribution is 9.10. The molecule has 1 N–H and O–H groups in total. The molecule has 0 aliphatic rings. The summed E-state index contributed by atoms with van der Waals surface area (Å²) in [5.74, 6) is -0.0738. The van der Waals surface area contributed by atoms with E-state index in [9.17, 15) is 22.7 Å². The van der Waals surface area contributed by atoms with Gasteiger partial charge in [0.05, 0.1) is 6.10 Å². The highest BCUT2D eigenvalue weighted by atomic mass is 79.9. The van der Waals surface area contributed by atoms with E-state index in [2.05, 4.69) is 15.9 Å². The summed E-state index contributed by atoms with van der Waals surface area (Å²) in [5, 5.41) is 9.45. The molecule has 0 aromatic rings. The van der Waals surface area contributed by atoms with Gasteiger partial charge in [-0.3, -0.25) is 0 Å². The van der Waals surface area contributed by atoms with Gasteiger partial charge >= 0.3 is 6.18 Å². The monoisotopic (exact) mass is 372 g/mol. The first-order valence-corrected chi connectivity index (χ1v) is 6.45. The molecule has 98 valence electrons. The number of hydrogen-bond donors (Lipinski definition) is 1. The number of halogens is 6. The molecule has 0 radical (unpaired) electrons. The van der Waals surface area contributed by atoms with Crippen LogP contribution in [0.4, 0.5) is 17.6 Å². The van der Waals surface area contributed by atoms with Crippen LogP contribution >= 0.6 is 31.9 Å². The Morgan fingerprint density at radius 1 is 1.19 bits per heavy atom. The summed E-state index contributed by atoms with van der Waals surface area (Å²) in [6.07, 6.45) is -6.41. The Morgan fingerprint density at radius 3 is 1.94 bits per heavy atom. The topological polar surface area (TPSA) is 20.2 Å². The molecule has 0 aromatic heterocycles. The number of aliphatic hydroxyl groups excluding tert-OH is 1. The molecule has 16 heavy (non-hydrogen) atoms. The van der Waals surface area contributed by atoms with Crippen LogP contribution in [0.5, 0.6) is 0 Å². The zero-order valence-corrected chi connectivity index (χ0v) is 12.0. The lowest BCUT2D eigenvalue weighted by atomic mass is 10.0. The lowest BCUT2D eigenvalue weighted by Gasteiger charge is -2.25. The van der Waals surface area contributed by atoms with E-state index in [0.717, 1.165) is 0 Å². The van der Waals surface area contributed by atoms with Crippen molar-refractivity contribution in [1.82, 2.24) is 0 Å². The second-order valence-corrected chi connectivity index (χ2v) is 6.60. The van der Waals surface area contributed by atoms with E-state index in [-0.39, 0.29) is 12.3 Å². The fourth-order valence-corrected chi connectivity index (χ4v) is 2.67. The summed E-state index contributed by atoms with van der Waals surface area (Å²) in [6.45, 7) is 3.48. The van der Waals surface area contributed by atoms with E-state index < -0.39 is 28.1 Å². The molecule has 3 unspecified atom stereocenters. The third-order valence-corrected chi connectivity index (χ3v) is 3.63. The van der Waals surface area contributed by atoms with Gasteiger partial charge < -0.3 is 5.11 Å². The maximum atomic E-state index is 13.2. The molecule has 0 aliphatic heterocycles. The van der Waals surface area contributed by atoms with E-state index in [4.69, 9.17) is 0 Å². The molecule has 3 atom stereocenters. The zero-order chi connectivity index (χ0) is 13.1. The van der Waals surface area contributed by atoms with Gasteiger partial charge in [-0.05, 0) is 28.3 Å². The van der Waals surface area contributed by atoms with Crippen molar-refractivity contribution in [3.05, 3.63) is 0 Å². The quantitative estimate of drug-likeness (QED) is 0.566. The van der Waals surface area contributed by atoms with Gasteiger partial charge in [-0.2, -0.15) is 13.2 Å². The van der Waals surface area contributed by atoms with Crippen LogP contribution in [0.15, 0.2) is 0 Å². The van der Waals surface area contributed by atoms with Crippen molar-refractivity contribution in [3.8, 4) is 0 Å². The number of aliphatic hydroxyl groups is 1. The Labute approximate surface area is 109 Å². The lowest BCUT2D eigenvalue weighted by molar-refractivity contribution is -0.193. The second-order valence-electron chi connectivity index (χ2n) is 4.05. The summed E-state index contributed by atoms with van der Waals surface area (Å²) in [5.41, 5.74) is 0. The van der Waals surface area contributed by atoms with Gasteiger partial charge in [-0.1, -0.05) is 29.8 Å². The van der Waals surface area contributed by atoms with Crippen LogP contribution < -0.4 is 0 Å². The molecule has 0 spiro atoms. The van der Waals surface area contributed by atoms with E-state index >= 15 is 0 Å². The van der Waals surface area contributed by atoms with Crippen LogP contribution in [0.2, 0.25) is 0 Å². The molecule has 0 bridgehead atoms. The van der Waals surface area contributed by atoms with Crippen LogP contribution in [-0.4, -0.2) is 26.8 Å². The normalized spacial score (nSPS) is 20.6. The fraction of sp³-hybridized carbons (Fsp3) is 1.00. The van der Waals surface area contributed by atoms with Crippen LogP contribution in [0.1, 0.15) is 26.7 Å². The Balaban J connectivity index is 4.30. The van der Waals surface area contributed by atoms with E-state index in [1.165, 1.54) is 0 Å². The summed E-state index contributed by atoms with van der Waals surface area (Å²) in [6, 6.07) is 0. The minimum atomic E-state index is -4.96. The van der Waals surface area contributed by atoms with Crippen LogP contribution in [-0.2, 0) is 0 Å². The standard InChI is InChI=1S/C9H14Br2F4O/c1-5(2)7(16)3-6(10)4-8(11,12)9(13,14)15/h5-7,16H,3-4H2,1-2H3. The first-order valence-electron chi connectivity index (χ1n) is 4.74. The van der Waals surface area contributed by atoms with Crippen molar-refractivity contribution in [3.63, 3.8) is 0 Å². The molecule has 0 aliphatic carbocycles. The molecule has 0 amide bonds. The Hall–Kier alpha value is 0.640. The third-order valence-electron chi connectivity index (χ3n) is 2.16. The molecule has 0 saturated heterocycles. The van der Waals surface area contributed by atoms with Crippen molar-refractivity contribution in [2.24, 2.45) is 5.92 Å². The van der Waals surface area contributed by atoms with Crippen molar-refractivity contribution in [2.75, 3.05) is 0 Å². The SMILES string of the molecule is CC(C)C(O)CC(Br)CC(F)(Br)C(F)(F)F. The molecule has 1 nitrogen and oxygen atoms in total. The predicted octanol–water partition coefficient (Wildman–Crippen LogP) is 4.17. The number of hydrogen-bond acceptors (Lipinski definition) is 1. The van der Waals surface area contributed by atoms with Crippen molar-refractivity contribution >= 4 is 31.9 Å². The molecule has 7 heteroatoms. The summed E-state index contributed by atoms with van der Waals surface area (Å²) in [4.78, 5) is -0.740. The first kappa shape index (κ1) is 16.6. The van der Waals surface area contributed by atoms with E-state index in [1.54, 1.807) is 13.8 Å². The van der Waals surface area contributed by atoms with Crippen molar-refractivity contribution < 1.29 is 22.7 Å². The minimum Gasteiger partial charge on any atom is -0.393 e. The molecule has 0 heterocycles. The average molecular weight is 374 g/mol. The van der Waals surface area contributed by atoms with Gasteiger partial charge in [0.2, 0.25) is 0 Å². The largest absolute Gasteiger partial charge is 0.432 e. The number of rotatable bonds is 5. The van der Waals surface area contributed by atoms with E-state index in [0.29, 0.717) is 0 Å². The highest BCUT2D eigenvalue weighted by Crippen LogP contribution is 2.44. The van der Waals surface area contributed by atoms with Gasteiger partial charge in [0, 0.05) is 11.2 Å². The molecular formula is C9H14Br2F4O. The Kier molecular flexibility index (Phi) is 6.24. The second kappa shape index (κ2) is 6.00. The molecule has 0 fully saturated rings. The van der Waals surface area contributed by atoms with Gasteiger partial charge in [0.1, 0.15) is 0 Å². The lowest BCUT2D eigenvalue weighted by Crippen LogP contribution is -2.37. The predicted molar refractivity (Wildman–Crippen MR) is 61.6 cm³/mol. The molecule has 0 saturated carbocycles. The highest BCUT2D eigenvalue weighted by Gasteiger charge is 2.54. The minimum absolute atomic E-state index is 0.0738. The van der Waals surface area contributed by atoms with Crippen LogP contribution in [0, 0.1) is 5.92 Å². The fourth-order valence-electron chi connectivity index (χ4n) is 1.01. The van der Waals surface area contributed by atoms with Crippen LogP contribution in [0.25, 0.3) is 0 Å². The summed E-state index contributed by atoms with van der Waals surface area (Å²) in [7, 11) is 0. The third kappa shape index (κ3) is 5.31. The van der Waals surface area contributed by atoms with Gasteiger partial charge in [0.25, 0.3) is 4.58 Å². The molecular weight excluding hydrogens is 360 g/mol. The Morgan fingerprint density at radius 2 is 1.62 bits per heavy atom. The first-order chi connectivity index (χ1) is 6.97. The summed E-state index contributed by atoms with van der Waals surface area (Å²) < 4.78 is 46.3. The molecule has 0 aromatic carbocycles. The van der Waals surface area contributed by atoms with Gasteiger partial charge in [0.15, 0.2) is 0 Å². The average Bonchev–Trinajstić information content (AvgIpc) is 1.99. The number of alkyl halides is 6. The van der Waals surface area contributed by atoms with Crippen molar-refractivity contribution in [1.29, 1.82) is 0 Å². The molecule has 0 rings (SSSR count). The summed E-state index contributed by atoms with van der Waals surface area (Å²) >= 11 is 4.97. The maximum Gasteiger partial charge on any atom is 0.432 e. The Bertz CT molecular complexity index is 218.